The molecule has 4 saturated carbocycles. The van der Waals surface area contributed by atoms with Gasteiger partial charge < -0.3 is 10.2 Å². The Morgan fingerprint density at radius 1 is 0.781 bits per heavy atom. The van der Waals surface area contributed by atoms with Gasteiger partial charge in [-0.3, -0.25) is 0 Å². The highest BCUT2D eigenvalue weighted by atomic mass is 16.3. The molecule has 0 saturated heterocycles. The molecule has 2 heteroatoms. The zero-order valence-corrected chi connectivity index (χ0v) is 22.2. The number of rotatable bonds is 0. The van der Waals surface area contributed by atoms with E-state index < -0.39 is 0 Å². The summed E-state index contributed by atoms with van der Waals surface area (Å²) in [6, 6.07) is 0. The molecular formula is C30H50O2. The van der Waals surface area contributed by atoms with Gasteiger partial charge in [0.05, 0.1) is 12.2 Å². The van der Waals surface area contributed by atoms with Gasteiger partial charge in [-0.1, -0.05) is 60.1 Å². The Kier molecular flexibility index (Phi) is 5.02. The topological polar surface area (TPSA) is 40.5 Å². The van der Waals surface area contributed by atoms with Crippen LogP contribution < -0.4 is 0 Å². The molecule has 5 aliphatic carbocycles. The van der Waals surface area contributed by atoms with Gasteiger partial charge in [-0.25, -0.2) is 0 Å². The number of hydrogen-bond donors (Lipinski definition) is 2. The van der Waals surface area contributed by atoms with Gasteiger partial charge in [-0.15, -0.1) is 0 Å². The van der Waals surface area contributed by atoms with E-state index in [1.54, 1.807) is 5.57 Å². The lowest BCUT2D eigenvalue weighted by Gasteiger charge is -2.74. The highest BCUT2D eigenvalue weighted by Gasteiger charge is 2.70. The molecule has 0 radical (unpaired) electrons. The summed E-state index contributed by atoms with van der Waals surface area (Å²) in [5.74, 6) is 3.18. The highest BCUT2D eigenvalue weighted by Crippen LogP contribution is 2.76. The van der Waals surface area contributed by atoms with Crippen LogP contribution >= 0.6 is 0 Å². The second-order valence-electron chi connectivity index (χ2n) is 14.7. The normalized spacial score (nSPS) is 59.2. The molecule has 5 aliphatic rings. The minimum absolute atomic E-state index is 0.0104. The lowest BCUT2D eigenvalue weighted by Crippen LogP contribution is -2.69. The average Bonchev–Trinajstić information content (AvgIpc) is 2.70. The van der Waals surface area contributed by atoms with Crippen LogP contribution in [0.25, 0.3) is 0 Å². The second-order valence-corrected chi connectivity index (χ2v) is 14.7. The van der Waals surface area contributed by atoms with Crippen molar-refractivity contribution >= 4 is 0 Å². The van der Waals surface area contributed by atoms with Crippen molar-refractivity contribution in [1.29, 1.82) is 0 Å². The van der Waals surface area contributed by atoms with E-state index in [0.717, 1.165) is 19.3 Å². The molecule has 0 spiro atoms. The third-order valence-corrected chi connectivity index (χ3v) is 13.6. The summed E-state index contributed by atoms with van der Waals surface area (Å²) in [4.78, 5) is 0. The Morgan fingerprint density at radius 3 is 2.16 bits per heavy atom. The number of allylic oxidation sites excluding steroid dienone is 2. The molecule has 11 atom stereocenters. The van der Waals surface area contributed by atoms with Crippen LogP contribution in [0.2, 0.25) is 0 Å². The third-order valence-electron chi connectivity index (χ3n) is 13.6. The first-order valence-electron chi connectivity index (χ1n) is 13.8. The number of fused-ring (bicyclic) bond motifs is 7. The predicted molar refractivity (Wildman–Crippen MR) is 132 cm³/mol. The molecule has 0 aromatic rings. The SMILES string of the molecule is CC1=CC[C@@]2(C)C([C@@H]1C)[C@H]1CCC3[C@@]4(C)CC[C@H](O)C(C)(C)[C@@H]4CC[C@@]3(C)[C@]1(C)C[C@@H]2O. The second kappa shape index (κ2) is 6.87. The summed E-state index contributed by atoms with van der Waals surface area (Å²) in [6.45, 7) is 19.7. The van der Waals surface area contributed by atoms with Gasteiger partial charge in [0.2, 0.25) is 0 Å². The fourth-order valence-electron chi connectivity index (χ4n) is 11.3. The van der Waals surface area contributed by atoms with E-state index >= 15 is 0 Å². The van der Waals surface area contributed by atoms with E-state index in [0.29, 0.717) is 35.0 Å². The van der Waals surface area contributed by atoms with Crippen LogP contribution in [0.1, 0.15) is 107 Å². The van der Waals surface area contributed by atoms with Gasteiger partial charge in [0.15, 0.2) is 0 Å². The van der Waals surface area contributed by atoms with Crippen LogP contribution in [0.4, 0.5) is 0 Å². The molecule has 2 N–H and O–H groups in total. The molecule has 4 fully saturated rings. The van der Waals surface area contributed by atoms with Crippen molar-refractivity contribution in [2.75, 3.05) is 0 Å². The van der Waals surface area contributed by atoms with E-state index in [2.05, 4.69) is 61.5 Å². The van der Waals surface area contributed by atoms with E-state index in [4.69, 9.17) is 0 Å². The number of aliphatic hydroxyl groups is 2. The Balaban J connectivity index is 1.57. The van der Waals surface area contributed by atoms with E-state index in [1.165, 1.54) is 32.1 Å². The maximum atomic E-state index is 11.7. The van der Waals surface area contributed by atoms with Crippen LogP contribution in [0.5, 0.6) is 0 Å². The first kappa shape index (κ1) is 23.4. The maximum absolute atomic E-state index is 11.7. The Hall–Kier alpha value is -0.340. The largest absolute Gasteiger partial charge is 0.393 e. The summed E-state index contributed by atoms with van der Waals surface area (Å²) < 4.78 is 0. The molecule has 0 heterocycles. The quantitative estimate of drug-likeness (QED) is 0.397. The minimum atomic E-state index is -0.203. The van der Waals surface area contributed by atoms with Gasteiger partial charge in [-0.05, 0) is 110 Å². The zero-order valence-electron chi connectivity index (χ0n) is 22.2. The molecule has 0 aliphatic heterocycles. The van der Waals surface area contributed by atoms with Gasteiger partial charge in [-0.2, -0.15) is 0 Å². The zero-order chi connectivity index (χ0) is 23.5. The molecule has 182 valence electrons. The smallest absolute Gasteiger partial charge is 0.0605 e. The van der Waals surface area contributed by atoms with Crippen molar-refractivity contribution in [1.82, 2.24) is 0 Å². The molecule has 32 heavy (non-hydrogen) atoms. The molecule has 2 unspecified atom stereocenters. The molecule has 2 nitrogen and oxygen atoms in total. The van der Waals surface area contributed by atoms with Gasteiger partial charge in [0.25, 0.3) is 0 Å². The Morgan fingerprint density at radius 2 is 1.47 bits per heavy atom. The Labute approximate surface area is 197 Å². The number of aliphatic hydroxyl groups excluding tert-OH is 2. The fraction of sp³-hybridized carbons (Fsp3) is 0.933. The Bertz CT molecular complexity index is 814. The van der Waals surface area contributed by atoms with Crippen LogP contribution in [-0.4, -0.2) is 22.4 Å². The van der Waals surface area contributed by atoms with Crippen LogP contribution in [0, 0.1) is 56.7 Å². The lowest BCUT2D eigenvalue weighted by molar-refractivity contribution is -0.267. The molecule has 5 rings (SSSR count). The van der Waals surface area contributed by atoms with Crippen molar-refractivity contribution in [3.05, 3.63) is 11.6 Å². The lowest BCUT2D eigenvalue weighted by atomic mass is 9.31. The average molecular weight is 443 g/mol. The maximum Gasteiger partial charge on any atom is 0.0605 e. The molecule has 0 aromatic heterocycles. The van der Waals surface area contributed by atoms with Crippen LogP contribution in [0.15, 0.2) is 11.6 Å². The number of hydrogen-bond acceptors (Lipinski definition) is 2. The third kappa shape index (κ3) is 2.61. The van der Waals surface area contributed by atoms with E-state index in [9.17, 15) is 10.2 Å². The molecular weight excluding hydrogens is 392 g/mol. The molecule has 0 amide bonds. The van der Waals surface area contributed by atoms with Gasteiger partial charge >= 0.3 is 0 Å². The predicted octanol–water partition coefficient (Wildman–Crippen LogP) is 7.00. The first-order valence-corrected chi connectivity index (χ1v) is 13.8. The minimum Gasteiger partial charge on any atom is -0.393 e. The summed E-state index contributed by atoms with van der Waals surface area (Å²) in [5.41, 5.74) is 2.37. The summed E-state index contributed by atoms with van der Waals surface area (Å²) in [5, 5.41) is 22.6. The monoisotopic (exact) mass is 442 g/mol. The van der Waals surface area contributed by atoms with Crippen molar-refractivity contribution in [3.8, 4) is 0 Å². The van der Waals surface area contributed by atoms with Gasteiger partial charge in [0.1, 0.15) is 0 Å². The van der Waals surface area contributed by atoms with E-state index in [-0.39, 0.29) is 33.9 Å². The van der Waals surface area contributed by atoms with Crippen LogP contribution in [0.3, 0.4) is 0 Å². The molecule has 0 aromatic carbocycles. The highest BCUT2D eigenvalue weighted by molar-refractivity contribution is 5.24. The van der Waals surface area contributed by atoms with Crippen molar-refractivity contribution in [2.24, 2.45) is 56.7 Å². The summed E-state index contributed by atoms with van der Waals surface area (Å²) >= 11 is 0. The van der Waals surface area contributed by atoms with E-state index in [1.807, 2.05) is 0 Å². The molecule has 0 bridgehead atoms. The first-order chi connectivity index (χ1) is 14.7. The summed E-state index contributed by atoms with van der Waals surface area (Å²) in [6.07, 6.45) is 11.4. The van der Waals surface area contributed by atoms with Crippen molar-refractivity contribution < 1.29 is 10.2 Å². The van der Waals surface area contributed by atoms with Gasteiger partial charge in [0, 0.05) is 5.41 Å². The summed E-state index contributed by atoms with van der Waals surface area (Å²) in [7, 11) is 0. The standard InChI is InChI=1S/C30H50O2/c1-18-11-14-28(6)24(32)17-30(8)20(25(28)19(18)2)9-10-22-27(5)15-13-23(31)26(3,4)21(27)12-16-29(22,30)7/h11,19-25,31-32H,9-10,12-17H2,1-8H3/t19-,20-,21+,22?,23+,24+,25?,27+,28-,29-,30-/m1/s1. The fourth-order valence-corrected chi connectivity index (χ4v) is 11.3. The van der Waals surface area contributed by atoms with Crippen molar-refractivity contribution in [2.45, 2.75) is 119 Å². The van der Waals surface area contributed by atoms with Crippen molar-refractivity contribution in [3.63, 3.8) is 0 Å². The van der Waals surface area contributed by atoms with Crippen LogP contribution in [-0.2, 0) is 0 Å².